The van der Waals surface area contributed by atoms with Crippen molar-refractivity contribution in [3.63, 3.8) is 0 Å². The third-order valence-corrected chi connectivity index (χ3v) is 4.76. The number of alkyl halides is 3. The fourth-order valence-electron chi connectivity index (χ4n) is 3.43. The van der Waals surface area contributed by atoms with Gasteiger partial charge in [0.2, 0.25) is 5.91 Å². The molecule has 0 saturated heterocycles. The van der Waals surface area contributed by atoms with Gasteiger partial charge in [-0.2, -0.15) is 18.3 Å². The maximum Gasteiger partial charge on any atom is 0.435 e. The van der Waals surface area contributed by atoms with Crippen molar-refractivity contribution in [1.29, 1.82) is 0 Å². The largest absolute Gasteiger partial charge is 0.435 e. The number of nitro groups is 1. The van der Waals surface area contributed by atoms with E-state index in [9.17, 15) is 28.1 Å². The quantitative estimate of drug-likeness (QED) is 0.480. The van der Waals surface area contributed by atoms with E-state index >= 15 is 0 Å². The molecule has 1 N–H and O–H groups in total. The minimum absolute atomic E-state index is 0.109. The average Bonchev–Trinajstić information content (AvgIpc) is 2.78. The van der Waals surface area contributed by atoms with Crippen molar-refractivity contribution in [2.24, 2.45) is 0 Å². The Bertz CT molecular complexity index is 922. The Labute approximate surface area is 158 Å². The van der Waals surface area contributed by atoms with Crippen LogP contribution in [0.25, 0.3) is 0 Å². The molecular weight excluding hydrogens is 377 g/mol. The number of hydrogen-bond acceptors (Lipinski definition) is 4. The number of anilines is 1. The molecule has 0 radical (unpaired) electrons. The molecule has 28 heavy (non-hydrogen) atoms. The topological polar surface area (TPSA) is 90.1 Å². The normalized spacial score (nSPS) is 14.3. The van der Waals surface area contributed by atoms with Crippen molar-refractivity contribution in [3.8, 4) is 0 Å². The van der Waals surface area contributed by atoms with Crippen LogP contribution in [0.4, 0.5) is 24.5 Å². The Balaban J connectivity index is 1.83. The number of nitrogens with one attached hydrogen (secondary N) is 1. The van der Waals surface area contributed by atoms with Crippen molar-refractivity contribution in [2.45, 2.75) is 51.7 Å². The molecule has 1 aromatic carbocycles. The lowest BCUT2D eigenvalue weighted by Gasteiger charge is -2.10. The molecule has 0 unspecified atom stereocenters. The van der Waals surface area contributed by atoms with Crippen molar-refractivity contribution >= 4 is 17.3 Å². The first-order chi connectivity index (χ1) is 13.2. The van der Waals surface area contributed by atoms with Crippen LogP contribution in [0.5, 0.6) is 0 Å². The first-order valence-electron chi connectivity index (χ1n) is 8.87. The number of carbonyl (C=O) groups excluding carboxylic acids is 1. The van der Waals surface area contributed by atoms with Gasteiger partial charge in [0.25, 0.3) is 5.69 Å². The summed E-state index contributed by atoms with van der Waals surface area (Å²) in [4.78, 5) is 22.6. The number of carbonyl (C=O) groups is 1. The summed E-state index contributed by atoms with van der Waals surface area (Å²) in [7, 11) is 0. The monoisotopic (exact) mass is 396 g/mol. The van der Waals surface area contributed by atoms with Crippen molar-refractivity contribution in [2.75, 3.05) is 5.32 Å². The van der Waals surface area contributed by atoms with E-state index in [1.807, 2.05) is 0 Å². The van der Waals surface area contributed by atoms with Gasteiger partial charge in [0.1, 0.15) is 6.54 Å². The van der Waals surface area contributed by atoms with E-state index in [0.29, 0.717) is 36.2 Å². The SMILES string of the molecule is Cc1cc([N+](=O)[O-])ccc1NC(=O)Cn1nc(C(F)(F)F)c2c1CCCCC2. The number of aromatic nitrogens is 2. The van der Waals surface area contributed by atoms with Gasteiger partial charge in [-0.15, -0.1) is 0 Å². The number of amides is 1. The fourth-order valence-corrected chi connectivity index (χ4v) is 3.43. The molecule has 2 aromatic rings. The molecular formula is C18H19F3N4O3. The number of rotatable bonds is 4. The van der Waals surface area contributed by atoms with E-state index < -0.39 is 22.7 Å². The zero-order chi connectivity index (χ0) is 20.5. The number of nitro benzene ring substituents is 1. The number of fused-ring (bicyclic) bond motifs is 1. The highest BCUT2D eigenvalue weighted by atomic mass is 19.4. The summed E-state index contributed by atoms with van der Waals surface area (Å²) in [6.07, 6.45) is -1.57. The lowest BCUT2D eigenvalue weighted by Crippen LogP contribution is -2.22. The molecule has 150 valence electrons. The molecule has 0 spiro atoms. The molecule has 0 atom stereocenters. The summed E-state index contributed by atoms with van der Waals surface area (Å²) in [6.45, 7) is 1.25. The van der Waals surface area contributed by atoms with Gasteiger partial charge in [0.15, 0.2) is 5.69 Å². The highest BCUT2D eigenvalue weighted by Gasteiger charge is 2.39. The highest BCUT2D eigenvalue weighted by molar-refractivity contribution is 5.91. The van der Waals surface area contributed by atoms with E-state index in [0.717, 1.165) is 17.5 Å². The second kappa shape index (κ2) is 7.61. The molecule has 0 fully saturated rings. The van der Waals surface area contributed by atoms with Gasteiger partial charge in [0.05, 0.1) is 4.92 Å². The zero-order valence-electron chi connectivity index (χ0n) is 15.2. The lowest BCUT2D eigenvalue weighted by molar-refractivity contribution is -0.384. The summed E-state index contributed by atoms with van der Waals surface area (Å²) >= 11 is 0. The molecule has 0 saturated carbocycles. The Morgan fingerprint density at radius 1 is 1.29 bits per heavy atom. The molecule has 0 aliphatic heterocycles. The Hall–Kier alpha value is -2.91. The Morgan fingerprint density at radius 3 is 2.64 bits per heavy atom. The number of nitrogens with zero attached hydrogens (tertiary/aromatic N) is 3. The molecule has 1 aromatic heterocycles. The third-order valence-electron chi connectivity index (χ3n) is 4.76. The molecule has 1 aliphatic rings. The number of non-ortho nitro benzene ring substituents is 1. The van der Waals surface area contributed by atoms with Gasteiger partial charge < -0.3 is 5.32 Å². The average molecular weight is 396 g/mol. The molecule has 1 amide bonds. The van der Waals surface area contributed by atoms with Crippen LogP contribution in [0.1, 0.15) is 41.8 Å². The van der Waals surface area contributed by atoms with Crippen LogP contribution < -0.4 is 5.32 Å². The minimum Gasteiger partial charge on any atom is -0.324 e. The number of halogens is 3. The molecule has 7 nitrogen and oxygen atoms in total. The van der Waals surface area contributed by atoms with Gasteiger partial charge in [-0.05, 0) is 44.2 Å². The zero-order valence-corrected chi connectivity index (χ0v) is 15.2. The fraction of sp³-hybridized carbons (Fsp3) is 0.444. The maximum absolute atomic E-state index is 13.3. The van der Waals surface area contributed by atoms with E-state index in [2.05, 4.69) is 10.4 Å². The minimum atomic E-state index is -4.56. The van der Waals surface area contributed by atoms with E-state index in [4.69, 9.17) is 0 Å². The van der Waals surface area contributed by atoms with Crippen LogP contribution in [0.3, 0.4) is 0 Å². The number of benzene rings is 1. The first kappa shape index (κ1) is 19.8. The van der Waals surface area contributed by atoms with E-state index in [1.54, 1.807) is 6.92 Å². The van der Waals surface area contributed by atoms with Crippen LogP contribution in [0.15, 0.2) is 18.2 Å². The Kier molecular flexibility index (Phi) is 5.39. The second-order valence-corrected chi connectivity index (χ2v) is 6.79. The van der Waals surface area contributed by atoms with Crippen molar-refractivity contribution < 1.29 is 22.9 Å². The van der Waals surface area contributed by atoms with E-state index in [-0.39, 0.29) is 17.8 Å². The number of hydrogen-bond donors (Lipinski definition) is 1. The molecule has 10 heteroatoms. The predicted octanol–water partition coefficient (Wildman–Crippen LogP) is 4.03. The molecule has 1 heterocycles. The standard InChI is InChI=1S/C18H19F3N4O3/c1-11-9-12(25(27)28)7-8-14(11)22-16(26)10-24-15-6-4-2-3-5-13(15)17(23-24)18(19,20)21/h7-9H,2-6,10H2,1H3,(H,22,26). The lowest BCUT2D eigenvalue weighted by atomic mass is 10.1. The van der Waals surface area contributed by atoms with Gasteiger partial charge in [-0.3, -0.25) is 19.6 Å². The first-order valence-corrected chi connectivity index (χ1v) is 8.87. The van der Waals surface area contributed by atoms with Crippen LogP contribution in [0, 0.1) is 17.0 Å². The Morgan fingerprint density at radius 2 is 2.00 bits per heavy atom. The van der Waals surface area contributed by atoms with Crippen LogP contribution in [-0.2, 0) is 30.4 Å². The van der Waals surface area contributed by atoms with Gasteiger partial charge in [-0.1, -0.05) is 6.42 Å². The summed E-state index contributed by atoms with van der Waals surface area (Å²) in [5, 5.41) is 17.1. The highest BCUT2D eigenvalue weighted by Crippen LogP contribution is 2.35. The van der Waals surface area contributed by atoms with Crippen LogP contribution in [-0.4, -0.2) is 20.6 Å². The number of aryl methyl sites for hydroxylation is 1. The summed E-state index contributed by atoms with van der Waals surface area (Å²) in [6, 6.07) is 3.97. The summed E-state index contributed by atoms with van der Waals surface area (Å²) in [5.74, 6) is -0.541. The van der Waals surface area contributed by atoms with Crippen LogP contribution in [0.2, 0.25) is 0 Å². The van der Waals surface area contributed by atoms with Gasteiger partial charge >= 0.3 is 6.18 Å². The van der Waals surface area contributed by atoms with Crippen LogP contribution >= 0.6 is 0 Å². The van der Waals surface area contributed by atoms with Crippen molar-refractivity contribution in [1.82, 2.24) is 9.78 Å². The summed E-state index contributed by atoms with van der Waals surface area (Å²) < 4.78 is 41.1. The smallest absolute Gasteiger partial charge is 0.324 e. The predicted molar refractivity (Wildman–Crippen MR) is 95.0 cm³/mol. The molecule has 3 rings (SSSR count). The molecule has 1 aliphatic carbocycles. The maximum atomic E-state index is 13.3. The van der Waals surface area contributed by atoms with Gasteiger partial charge in [-0.25, -0.2) is 0 Å². The second-order valence-electron chi connectivity index (χ2n) is 6.79. The van der Waals surface area contributed by atoms with Gasteiger partial charge in [0, 0.05) is 29.1 Å². The summed E-state index contributed by atoms with van der Waals surface area (Å²) in [5.41, 5.74) is 0.471. The van der Waals surface area contributed by atoms with E-state index in [1.165, 1.54) is 18.2 Å². The molecule has 0 bridgehead atoms. The van der Waals surface area contributed by atoms with Crippen molar-refractivity contribution in [3.05, 3.63) is 50.8 Å². The third kappa shape index (κ3) is 4.15.